The smallest absolute Gasteiger partial charge is 0.326 e. The molecular formula is C16H32O5S. The number of ether oxygens (including phenoxy) is 1. The minimum Gasteiger partial charge on any atom is -0.464 e. The molecule has 0 radical (unpaired) electrons. The molecule has 0 saturated heterocycles. The SMILES string of the molecule is CCCCCCC(C(=O)OCC(CC)CCCC)S(=O)(=O)O. The van der Waals surface area contributed by atoms with Crippen molar-refractivity contribution >= 4 is 16.1 Å². The maximum absolute atomic E-state index is 12.0. The molecule has 0 aromatic carbocycles. The average molecular weight is 336 g/mol. The van der Waals surface area contributed by atoms with Gasteiger partial charge in [0.1, 0.15) is 0 Å². The van der Waals surface area contributed by atoms with Crippen molar-refractivity contribution in [2.24, 2.45) is 5.92 Å². The first kappa shape index (κ1) is 21.4. The van der Waals surface area contributed by atoms with E-state index in [1.807, 2.05) is 6.92 Å². The largest absolute Gasteiger partial charge is 0.464 e. The van der Waals surface area contributed by atoms with E-state index in [0.717, 1.165) is 44.9 Å². The summed E-state index contributed by atoms with van der Waals surface area (Å²) in [6, 6.07) is 0. The number of unbranched alkanes of at least 4 members (excludes halogenated alkanes) is 4. The van der Waals surface area contributed by atoms with Gasteiger partial charge in [0.05, 0.1) is 6.61 Å². The maximum atomic E-state index is 12.0. The Morgan fingerprint density at radius 3 is 2.14 bits per heavy atom. The van der Waals surface area contributed by atoms with Crippen LogP contribution in [0.2, 0.25) is 0 Å². The van der Waals surface area contributed by atoms with Crippen molar-refractivity contribution < 1.29 is 22.5 Å². The Kier molecular flexibility index (Phi) is 11.5. The van der Waals surface area contributed by atoms with Gasteiger partial charge in [0.2, 0.25) is 0 Å². The zero-order chi connectivity index (χ0) is 17.0. The van der Waals surface area contributed by atoms with E-state index in [4.69, 9.17) is 4.74 Å². The van der Waals surface area contributed by atoms with Crippen LogP contribution in [0.25, 0.3) is 0 Å². The van der Waals surface area contributed by atoms with Gasteiger partial charge in [-0.2, -0.15) is 8.42 Å². The Bertz CT molecular complexity index is 391. The molecule has 1 N–H and O–H groups in total. The molecule has 132 valence electrons. The Balaban J connectivity index is 4.44. The van der Waals surface area contributed by atoms with Crippen LogP contribution in [0, 0.1) is 5.92 Å². The van der Waals surface area contributed by atoms with E-state index in [2.05, 4.69) is 13.8 Å². The zero-order valence-electron chi connectivity index (χ0n) is 14.2. The van der Waals surface area contributed by atoms with Crippen LogP contribution in [0.1, 0.15) is 78.6 Å². The first-order chi connectivity index (χ1) is 10.4. The summed E-state index contributed by atoms with van der Waals surface area (Å²) in [6.45, 7) is 6.41. The van der Waals surface area contributed by atoms with Gasteiger partial charge in [-0.15, -0.1) is 0 Å². The molecular weight excluding hydrogens is 304 g/mol. The number of hydrogen-bond donors (Lipinski definition) is 1. The number of esters is 1. The molecule has 0 heterocycles. The zero-order valence-corrected chi connectivity index (χ0v) is 15.0. The van der Waals surface area contributed by atoms with Crippen LogP contribution in [0.15, 0.2) is 0 Å². The second kappa shape index (κ2) is 11.9. The number of hydrogen-bond acceptors (Lipinski definition) is 4. The van der Waals surface area contributed by atoms with Crippen molar-refractivity contribution in [2.75, 3.05) is 6.61 Å². The standard InChI is InChI=1S/C16H32O5S/c1-4-7-9-10-12-15(22(18,19)20)16(17)21-13-14(6-3)11-8-5-2/h14-15H,4-13H2,1-3H3,(H,18,19,20). The van der Waals surface area contributed by atoms with Gasteiger partial charge >= 0.3 is 5.97 Å². The van der Waals surface area contributed by atoms with E-state index in [0.29, 0.717) is 6.42 Å². The van der Waals surface area contributed by atoms with Crippen LogP contribution >= 0.6 is 0 Å². The molecule has 2 unspecified atom stereocenters. The monoisotopic (exact) mass is 336 g/mol. The summed E-state index contributed by atoms with van der Waals surface area (Å²) >= 11 is 0. The van der Waals surface area contributed by atoms with Crippen LogP contribution in [0.5, 0.6) is 0 Å². The molecule has 0 aliphatic heterocycles. The van der Waals surface area contributed by atoms with Gasteiger partial charge in [-0.3, -0.25) is 9.35 Å². The molecule has 2 atom stereocenters. The molecule has 0 aromatic rings. The van der Waals surface area contributed by atoms with E-state index in [1.165, 1.54) is 0 Å². The molecule has 6 heteroatoms. The highest BCUT2D eigenvalue weighted by molar-refractivity contribution is 7.87. The molecule has 0 rings (SSSR count). The summed E-state index contributed by atoms with van der Waals surface area (Å²) in [5, 5.41) is -1.44. The molecule has 0 aliphatic rings. The van der Waals surface area contributed by atoms with Crippen LogP contribution in [0.4, 0.5) is 0 Å². The van der Waals surface area contributed by atoms with Gasteiger partial charge in [-0.05, 0) is 18.8 Å². The van der Waals surface area contributed by atoms with Gasteiger partial charge < -0.3 is 4.74 Å². The molecule has 0 bridgehead atoms. The van der Waals surface area contributed by atoms with Crippen LogP contribution in [-0.2, 0) is 19.6 Å². The van der Waals surface area contributed by atoms with Gasteiger partial charge in [-0.1, -0.05) is 65.7 Å². The summed E-state index contributed by atoms with van der Waals surface area (Å²) in [5.41, 5.74) is 0. The quantitative estimate of drug-likeness (QED) is 0.313. The van der Waals surface area contributed by atoms with Gasteiger partial charge in [0, 0.05) is 0 Å². The molecule has 0 fully saturated rings. The average Bonchev–Trinajstić information content (AvgIpc) is 2.45. The fraction of sp³-hybridized carbons (Fsp3) is 0.938. The molecule has 0 saturated carbocycles. The lowest BCUT2D eigenvalue weighted by atomic mass is 10.0. The third-order valence-corrected chi connectivity index (χ3v) is 5.09. The molecule has 22 heavy (non-hydrogen) atoms. The Morgan fingerprint density at radius 1 is 1.00 bits per heavy atom. The lowest BCUT2D eigenvalue weighted by Crippen LogP contribution is -2.32. The number of rotatable bonds is 13. The third-order valence-electron chi connectivity index (χ3n) is 3.95. The summed E-state index contributed by atoms with van der Waals surface area (Å²) in [5.74, 6) is -0.556. The molecule has 0 aromatic heterocycles. The Hall–Kier alpha value is -0.620. The van der Waals surface area contributed by atoms with Gasteiger partial charge in [0.25, 0.3) is 10.1 Å². The van der Waals surface area contributed by atoms with Gasteiger partial charge in [0.15, 0.2) is 5.25 Å². The first-order valence-corrected chi connectivity index (χ1v) is 9.99. The normalized spacial score (nSPS) is 14.5. The van der Waals surface area contributed by atoms with E-state index in [1.54, 1.807) is 0 Å². The minimum absolute atomic E-state index is 0.128. The Labute approximate surface area is 135 Å². The topological polar surface area (TPSA) is 80.7 Å². The van der Waals surface area contributed by atoms with E-state index >= 15 is 0 Å². The molecule has 0 spiro atoms. The highest BCUT2D eigenvalue weighted by atomic mass is 32.2. The third kappa shape index (κ3) is 9.41. The summed E-state index contributed by atoms with van der Waals surface area (Å²) < 4.78 is 37.2. The first-order valence-electron chi connectivity index (χ1n) is 8.49. The summed E-state index contributed by atoms with van der Waals surface area (Å²) in [6.07, 6.45) is 7.59. The maximum Gasteiger partial charge on any atom is 0.326 e. The van der Waals surface area contributed by atoms with Gasteiger partial charge in [-0.25, -0.2) is 0 Å². The lowest BCUT2D eigenvalue weighted by molar-refractivity contribution is -0.144. The molecule has 0 amide bonds. The van der Waals surface area contributed by atoms with Crippen molar-refractivity contribution in [1.82, 2.24) is 0 Å². The van der Waals surface area contributed by atoms with E-state index in [-0.39, 0.29) is 18.9 Å². The number of carbonyl (C=O) groups excluding carboxylic acids is 1. The van der Waals surface area contributed by atoms with Crippen molar-refractivity contribution in [3.05, 3.63) is 0 Å². The van der Waals surface area contributed by atoms with Crippen molar-refractivity contribution in [1.29, 1.82) is 0 Å². The lowest BCUT2D eigenvalue weighted by Gasteiger charge is -2.17. The van der Waals surface area contributed by atoms with Crippen LogP contribution in [0.3, 0.4) is 0 Å². The summed E-state index contributed by atoms with van der Waals surface area (Å²) in [4.78, 5) is 12.0. The fourth-order valence-electron chi connectivity index (χ4n) is 2.34. The highest BCUT2D eigenvalue weighted by Crippen LogP contribution is 2.16. The van der Waals surface area contributed by atoms with Crippen molar-refractivity contribution in [3.63, 3.8) is 0 Å². The highest BCUT2D eigenvalue weighted by Gasteiger charge is 2.32. The minimum atomic E-state index is -4.40. The van der Waals surface area contributed by atoms with Crippen molar-refractivity contribution in [3.8, 4) is 0 Å². The van der Waals surface area contributed by atoms with E-state index < -0.39 is 21.3 Å². The second-order valence-corrected chi connectivity index (χ2v) is 7.50. The fourth-order valence-corrected chi connectivity index (χ4v) is 3.11. The van der Waals surface area contributed by atoms with Crippen LogP contribution < -0.4 is 0 Å². The van der Waals surface area contributed by atoms with E-state index in [9.17, 15) is 17.8 Å². The van der Waals surface area contributed by atoms with Crippen LogP contribution in [-0.4, -0.2) is 30.8 Å². The Morgan fingerprint density at radius 2 is 1.64 bits per heavy atom. The molecule has 0 aliphatic carbocycles. The molecule has 5 nitrogen and oxygen atoms in total. The summed E-state index contributed by atoms with van der Waals surface area (Å²) in [7, 11) is -4.40. The van der Waals surface area contributed by atoms with Crippen molar-refractivity contribution in [2.45, 2.75) is 83.8 Å². The predicted molar refractivity (Wildman–Crippen MR) is 88.4 cm³/mol. The second-order valence-electron chi connectivity index (χ2n) is 5.90. The predicted octanol–water partition coefficient (Wildman–Crippen LogP) is 3.97. The number of carbonyl (C=O) groups is 1.